The van der Waals surface area contributed by atoms with Crippen LogP contribution in [0.15, 0.2) is 131 Å². The number of nitro groups is 1. The molecular formula is C45H47ClN8O4S2. The minimum absolute atomic E-state index is 0.0838. The van der Waals surface area contributed by atoms with Crippen LogP contribution in [0.1, 0.15) is 24.8 Å². The van der Waals surface area contributed by atoms with E-state index >= 15 is 0 Å². The number of nitrogens with one attached hydrogen (secondary N) is 2. The van der Waals surface area contributed by atoms with Crippen LogP contribution in [0, 0.1) is 10.1 Å². The number of hydrogen-bond donors (Lipinski definition) is 2. The Morgan fingerprint density at radius 1 is 0.817 bits per heavy atom. The minimum Gasteiger partial charge on any atom is -0.376 e. The minimum atomic E-state index is -4.26. The van der Waals surface area contributed by atoms with Gasteiger partial charge in [-0.1, -0.05) is 66.2 Å². The number of piperazine rings is 1. The van der Waals surface area contributed by atoms with Crippen LogP contribution in [-0.2, 0) is 16.6 Å². The highest BCUT2D eigenvalue weighted by atomic mass is 35.5. The van der Waals surface area contributed by atoms with Crippen molar-refractivity contribution in [3.8, 4) is 11.1 Å². The fraction of sp³-hybridized carbons (Fsp3) is 0.289. The number of nitro benzene ring substituents is 1. The Labute approximate surface area is 360 Å². The van der Waals surface area contributed by atoms with Crippen molar-refractivity contribution in [2.75, 3.05) is 66.5 Å². The second-order valence-corrected chi connectivity index (χ2v) is 18.4. The molecule has 0 bridgehead atoms. The topological polar surface area (TPSA) is 137 Å². The Morgan fingerprint density at radius 3 is 2.33 bits per heavy atom. The molecule has 2 fully saturated rings. The summed E-state index contributed by atoms with van der Waals surface area (Å²) in [6, 6.07) is 36.1. The SMILES string of the molecule is O=[N+]([O-])c1cc(S(=O)(=O)Nc2ncnc3cc(N4CCN(Cc5ccccc5-c5ccc(Cl)cc5)CC4)ccc23)ccc1NC(CCN1CCCC1)CSc1ccccc1. The molecule has 1 unspecified atom stereocenters. The molecule has 2 N–H and O–H groups in total. The van der Waals surface area contributed by atoms with E-state index in [9.17, 15) is 18.5 Å². The fourth-order valence-electron chi connectivity index (χ4n) is 7.91. The van der Waals surface area contributed by atoms with E-state index in [-0.39, 0.29) is 28.1 Å². The van der Waals surface area contributed by atoms with Crippen LogP contribution in [0.25, 0.3) is 22.0 Å². The first kappa shape index (κ1) is 41.5. The maximum Gasteiger partial charge on any atom is 0.293 e. The number of rotatable bonds is 16. The number of anilines is 3. The number of sulfonamides is 1. The van der Waals surface area contributed by atoms with Crippen molar-refractivity contribution in [1.82, 2.24) is 19.8 Å². The lowest BCUT2D eigenvalue weighted by Gasteiger charge is -2.36. The Hall–Kier alpha value is -5.25. The summed E-state index contributed by atoms with van der Waals surface area (Å²) in [5, 5.41) is 17.0. The van der Waals surface area contributed by atoms with Crippen molar-refractivity contribution in [3.05, 3.63) is 142 Å². The molecule has 0 radical (unpaired) electrons. The van der Waals surface area contributed by atoms with E-state index in [1.165, 1.54) is 42.4 Å². The van der Waals surface area contributed by atoms with Gasteiger partial charge in [0.2, 0.25) is 0 Å². The summed E-state index contributed by atoms with van der Waals surface area (Å²) < 4.78 is 30.2. The van der Waals surface area contributed by atoms with Gasteiger partial charge >= 0.3 is 0 Å². The largest absolute Gasteiger partial charge is 0.376 e. The summed E-state index contributed by atoms with van der Waals surface area (Å²) >= 11 is 7.83. The van der Waals surface area contributed by atoms with Crippen LogP contribution < -0.4 is 14.9 Å². The van der Waals surface area contributed by atoms with Gasteiger partial charge in [-0.3, -0.25) is 19.7 Å². The van der Waals surface area contributed by atoms with Gasteiger partial charge in [-0.15, -0.1) is 11.8 Å². The summed E-state index contributed by atoms with van der Waals surface area (Å²) in [5.41, 5.74) is 5.14. The summed E-state index contributed by atoms with van der Waals surface area (Å²) in [7, 11) is -4.26. The lowest BCUT2D eigenvalue weighted by molar-refractivity contribution is -0.384. The standard InChI is InChI=1S/C45H47ClN8O4S2/c46-35-14-12-33(13-15-35)40-11-5-4-8-34(40)30-52-24-26-53(27-25-52)37-16-18-41-43(28-37)47-32-48-45(41)50-60(57,58)39-17-19-42(44(29-39)54(55)56)49-36(20-23-51-21-6-7-22-51)31-59-38-9-2-1-3-10-38/h1-5,8-19,28-29,32,36,49H,6-7,20-27,30-31H2,(H,47,48,50). The summed E-state index contributed by atoms with van der Waals surface area (Å²) in [4.78, 5) is 28.7. The first-order chi connectivity index (χ1) is 29.2. The Kier molecular flexibility index (Phi) is 13.1. The number of hydrogen-bond acceptors (Lipinski definition) is 11. The number of benzene rings is 5. The molecule has 0 aliphatic carbocycles. The predicted octanol–water partition coefficient (Wildman–Crippen LogP) is 9.04. The third-order valence-corrected chi connectivity index (χ3v) is 13.9. The third-order valence-electron chi connectivity index (χ3n) is 11.2. The van der Waals surface area contributed by atoms with Gasteiger partial charge in [0.25, 0.3) is 15.7 Å². The van der Waals surface area contributed by atoms with Gasteiger partial charge in [-0.2, -0.15) is 0 Å². The predicted molar refractivity (Wildman–Crippen MR) is 243 cm³/mol. The number of fused-ring (bicyclic) bond motifs is 1. The number of nitrogens with zero attached hydrogens (tertiary/aromatic N) is 6. The van der Waals surface area contributed by atoms with Crippen molar-refractivity contribution in [3.63, 3.8) is 0 Å². The van der Waals surface area contributed by atoms with Crippen molar-refractivity contribution in [2.24, 2.45) is 0 Å². The van der Waals surface area contributed by atoms with Gasteiger partial charge < -0.3 is 15.1 Å². The van der Waals surface area contributed by atoms with Crippen LogP contribution in [0.3, 0.4) is 0 Å². The van der Waals surface area contributed by atoms with Gasteiger partial charge in [0.15, 0.2) is 5.82 Å². The van der Waals surface area contributed by atoms with Crippen molar-refractivity contribution in [1.29, 1.82) is 0 Å². The average Bonchev–Trinajstić information content (AvgIpc) is 3.79. The van der Waals surface area contributed by atoms with E-state index in [2.05, 4.69) is 71.1 Å². The van der Waals surface area contributed by atoms with Gasteiger partial charge in [0.1, 0.15) is 12.0 Å². The molecule has 60 heavy (non-hydrogen) atoms. The second kappa shape index (κ2) is 19.0. The Balaban J connectivity index is 0.934. The van der Waals surface area contributed by atoms with Crippen LogP contribution >= 0.6 is 23.4 Å². The van der Waals surface area contributed by atoms with Gasteiger partial charge in [0.05, 0.1) is 15.3 Å². The van der Waals surface area contributed by atoms with Crippen molar-refractivity contribution in [2.45, 2.75) is 41.6 Å². The molecule has 12 nitrogen and oxygen atoms in total. The van der Waals surface area contributed by atoms with Gasteiger partial charge in [-0.25, -0.2) is 18.4 Å². The average molecular weight is 864 g/mol. The van der Waals surface area contributed by atoms with E-state index in [0.29, 0.717) is 21.7 Å². The zero-order chi connectivity index (χ0) is 41.5. The molecule has 0 amide bonds. The molecule has 2 saturated heterocycles. The van der Waals surface area contributed by atoms with Crippen molar-refractivity contribution < 1.29 is 13.3 Å². The second-order valence-electron chi connectivity index (χ2n) is 15.2. The molecule has 2 aliphatic heterocycles. The molecular weight excluding hydrogens is 816 g/mol. The molecule has 0 saturated carbocycles. The summed E-state index contributed by atoms with van der Waals surface area (Å²) in [6.07, 6.45) is 4.48. The van der Waals surface area contributed by atoms with Crippen LogP contribution in [0.5, 0.6) is 0 Å². The number of thioether (sulfide) groups is 1. The molecule has 5 aromatic carbocycles. The van der Waals surface area contributed by atoms with Gasteiger partial charge in [0, 0.05) is 78.1 Å². The van der Waals surface area contributed by atoms with Crippen molar-refractivity contribution >= 4 is 67.2 Å². The Morgan fingerprint density at radius 2 is 1.57 bits per heavy atom. The molecule has 310 valence electrons. The normalized spacial score (nSPS) is 15.6. The zero-order valence-corrected chi connectivity index (χ0v) is 35.5. The highest BCUT2D eigenvalue weighted by Gasteiger charge is 2.26. The quantitative estimate of drug-likeness (QED) is 0.0548. The highest BCUT2D eigenvalue weighted by molar-refractivity contribution is 7.99. The molecule has 6 aromatic rings. The lowest BCUT2D eigenvalue weighted by Crippen LogP contribution is -2.46. The van der Waals surface area contributed by atoms with E-state index in [1.54, 1.807) is 11.8 Å². The number of likely N-dealkylation sites (tertiary alicyclic amines) is 1. The fourth-order valence-corrected chi connectivity index (χ4v) is 10.1. The maximum absolute atomic E-state index is 13.8. The van der Waals surface area contributed by atoms with E-state index in [0.717, 1.165) is 81.0 Å². The zero-order valence-electron chi connectivity index (χ0n) is 33.1. The van der Waals surface area contributed by atoms with E-state index < -0.39 is 14.9 Å². The first-order valence-electron chi connectivity index (χ1n) is 20.2. The molecule has 0 spiro atoms. The van der Waals surface area contributed by atoms with Crippen LogP contribution in [-0.4, -0.2) is 90.7 Å². The van der Waals surface area contributed by atoms with E-state index in [4.69, 9.17) is 11.6 Å². The van der Waals surface area contributed by atoms with Gasteiger partial charge in [-0.05, 0) is 104 Å². The van der Waals surface area contributed by atoms with Crippen LogP contribution in [0.2, 0.25) is 5.02 Å². The Bertz CT molecular complexity index is 2540. The van der Waals surface area contributed by atoms with Crippen LogP contribution in [0.4, 0.5) is 22.9 Å². The molecule has 1 aromatic heterocycles. The molecule has 2 aliphatic rings. The smallest absolute Gasteiger partial charge is 0.293 e. The lowest BCUT2D eigenvalue weighted by atomic mass is 9.99. The number of aromatic nitrogens is 2. The number of halogens is 1. The molecule has 3 heterocycles. The summed E-state index contributed by atoms with van der Waals surface area (Å²) in [6.45, 7) is 7.19. The molecule has 15 heteroatoms. The maximum atomic E-state index is 13.8. The van der Waals surface area contributed by atoms with E-state index in [1.807, 2.05) is 60.7 Å². The molecule has 8 rings (SSSR count). The monoisotopic (exact) mass is 862 g/mol. The third kappa shape index (κ3) is 10.2. The first-order valence-corrected chi connectivity index (χ1v) is 23.1. The molecule has 1 atom stereocenters. The highest BCUT2D eigenvalue weighted by Crippen LogP contribution is 2.33. The summed E-state index contributed by atoms with van der Waals surface area (Å²) in [5.74, 6) is 0.788.